The highest BCUT2D eigenvalue weighted by atomic mass is 35.5. The van der Waals surface area contributed by atoms with Crippen LogP contribution < -0.4 is 5.32 Å². The molecule has 1 N–H and O–H groups in total. The van der Waals surface area contributed by atoms with E-state index in [1.807, 2.05) is 12.1 Å². The Hall–Kier alpha value is -1.06. The van der Waals surface area contributed by atoms with Crippen molar-refractivity contribution in [3.63, 3.8) is 0 Å². The van der Waals surface area contributed by atoms with Gasteiger partial charge >= 0.3 is 0 Å². The van der Waals surface area contributed by atoms with Crippen LogP contribution in [0.5, 0.6) is 0 Å². The van der Waals surface area contributed by atoms with Gasteiger partial charge in [0.15, 0.2) is 0 Å². The Balaban J connectivity index is 1.68. The molecule has 0 saturated carbocycles. The molecule has 3 nitrogen and oxygen atoms in total. The van der Waals surface area contributed by atoms with E-state index in [4.69, 9.17) is 11.6 Å². The fraction of sp³-hybridized carbons (Fsp3) is 0.429. The summed E-state index contributed by atoms with van der Waals surface area (Å²) < 4.78 is 0. The van der Waals surface area contributed by atoms with Crippen LogP contribution in [0.2, 0.25) is 5.02 Å². The van der Waals surface area contributed by atoms with E-state index in [0.717, 1.165) is 31.7 Å². The van der Waals surface area contributed by atoms with Crippen LogP contribution in [0.3, 0.4) is 0 Å². The number of anilines is 1. The molecule has 0 bridgehead atoms. The molecule has 0 atom stereocenters. The zero-order chi connectivity index (χ0) is 12.8. The first-order chi connectivity index (χ1) is 8.74. The Kier molecular flexibility index (Phi) is 5.02. The van der Waals surface area contributed by atoms with Crippen molar-refractivity contribution >= 4 is 23.2 Å². The SMILES string of the molecule is O=C(CCCN1C[CH]CC1)Nc1cccc(Cl)c1. The topological polar surface area (TPSA) is 32.3 Å². The smallest absolute Gasteiger partial charge is 0.224 e. The van der Waals surface area contributed by atoms with Crippen molar-refractivity contribution in [1.82, 2.24) is 4.90 Å². The average Bonchev–Trinajstić information content (AvgIpc) is 2.82. The predicted octanol–water partition coefficient (Wildman–Crippen LogP) is 2.97. The summed E-state index contributed by atoms with van der Waals surface area (Å²) in [4.78, 5) is 14.1. The molecule has 1 amide bonds. The average molecular weight is 266 g/mol. The lowest BCUT2D eigenvalue weighted by molar-refractivity contribution is -0.116. The second kappa shape index (κ2) is 6.76. The molecule has 1 saturated heterocycles. The first kappa shape index (κ1) is 13.4. The van der Waals surface area contributed by atoms with Crippen molar-refractivity contribution in [3.05, 3.63) is 35.7 Å². The zero-order valence-electron chi connectivity index (χ0n) is 10.4. The first-order valence-corrected chi connectivity index (χ1v) is 6.71. The number of halogens is 1. The van der Waals surface area contributed by atoms with Gasteiger partial charge < -0.3 is 10.2 Å². The highest BCUT2D eigenvalue weighted by molar-refractivity contribution is 6.30. The van der Waals surface area contributed by atoms with Gasteiger partial charge in [-0.15, -0.1) is 0 Å². The molecular weight excluding hydrogens is 248 g/mol. The second-order valence-electron chi connectivity index (χ2n) is 4.54. The number of rotatable bonds is 5. The molecule has 0 aromatic heterocycles. The summed E-state index contributed by atoms with van der Waals surface area (Å²) in [5.74, 6) is 0.0560. The number of likely N-dealkylation sites (tertiary alicyclic amines) is 1. The fourth-order valence-electron chi connectivity index (χ4n) is 2.10. The van der Waals surface area contributed by atoms with Gasteiger partial charge in [-0.3, -0.25) is 4.79 Å². The lowest BCUT2D eigenvalue weighted by Crippen LogP contribution is -2.22. The molecule has 0 unspecified atom stereocenters. The van der Waals surface area contributed by atoms with Crippen LogP contribution in [0.4, 0.5) is 5.69 Å². The lowest BCUT2D eigenvalue weighted by Gasteiger charge is -2.13. The van der Waals surface area contributed by atoms with Gasteiger partial charge in [0.1, 0.15) is 0 Å². The number of hydrogen-bond donors (Lipinski definition) is 1. The maximum Gasteiger partial charge on any atom is 0.224 e. The molecule has 18 heavy (non-hydrogen) atoms. The fourth-order valence-corrected chi connectivity index (χ4v) is 2.29. The monoisotopic (exact) mass is 265 g/mol. The molecular formula is C14H18ClN2O. The molecule has 1 aliphatic rings. The molecule has 1 aromatic rings. The van der Waals surface area contributed by atoms with Crippen LogP contribution in [0.1, 0.15) is 19.3 Å². The number of nitrogens with zero attached hydrogens (tertiary/aromatic N) is 1. The number of benzene rings is 1. The standard InChI is InChI=1S/C14H18ClN2O/c15-12-5-3-6-13(11-12)16-14(18)7-4-10-17-8-1-2-9-17/h1,3,5-6,11H,2,4,7-10H2,(H,16,18). The molecule has 1 radical (unpaired) electrons. The molecule has 0 spiro atoms. The quantitative estimate of drug-likeness (QED) is 0.888. The van der Waals surface area contributed by atoms with Crippen LogP contribution in [-0.4, -0.2) is 30.4 Å². The maximum atomic E-state index is 11.7. The zero-order valence-corrected chi connectivity index (χ0v) is 11.1. The van der Waals surface area contributed by atoms with E-state index < -0.39 is 0 Å². The van der Waals surface area contributed by atoms with Gasteiger partial charge in [-0.05, 0) is 50.6 Å². The molecule has 97 valence electrons. The number of amides is 1. The third-order valence-electron chi connectivity index (χ3n) is 3.02. The van der Waals surface area contributed by atoms with Gasteiger partial charge in [-0.2, -0.15) is 0 Å². The summed E-state index contributed by atoms with van der Waals surface area (Å²) in [6.45, 7) is 3.20. The Morgan fingerprint density at radius 1 is 1.44 bits per heavy atom. The van der Waals surface area contributed by atoms with Crippen LogP contribution in [-0.2, 0) is 4.79 Å². The van der Waals surface area contributed by atoms with E-state index >= 15 is 0 Å². The summed E-state index contributed by atoms with van der Waals surface area (Å²) in [5.41, 5.74) is 0.766. The highest BCUT2D eigenvalue weighted by Gasteiger charge is 2.11. The van der Waals surface area contributed by atoms with E-state index in [2.05, 4.69) is 16.6 Å². The molecule has 1 aromatic carbocycles. The second-order valence-corrected chi connectivity index (χ2v) is 4.98. The van der Waals surface area contributed by atoms with Crippen molar-refractivity contribution in [3.8, 4) is 0 Å². The third kappa shape index (κ3) is 4.31. The Bertz CT molecular complexity index is 403. The number of hydrogen-bond acceptors (Lipinski definition) is 2. The summed E-state index contributed by atoms with van der Waals surface area (Å²) in [6.07, 6.45) is 4.92. The van der Waals surface area contributed by atoms with Crippen molar-refractivity contribution in [2.24, 2.45) is 0 Å². The van der Waals surface area contributed by atoms with Crippen LogP contribution >= 0.6 is 11.6 Å². The Labute approximate surface area is 113 Å². The van der Waals surface area contributed by atoms with Crippen LogP contribution in [0.15, 0.2) is 24.3 Å². The van der Waals surface area contributed by atoms with E-state index in [1.165, 1.54) is 6.42 Å². The van der Waals surface area contributed by atoms with Gasteiger partial charge in [-0.25, -0.2) is 0 Å². The van der Waals surface area contributed by atoms with Crippen molar-refractivity contribution in [2.75, 3.05) is 25.0 Å². The Morgan fingerprint density at radius 2 is 2.33 bits per heavy atom. The largest absolute Gasteiger partial charge is 0.326 e. The molecule has 2 rings (SSSR count). The molecule has 0 aliphatic carbocycles. The van der Waals surface area contributed by atoms with Gasteiger partial charge in [0.05, 0.1) is 0 Å². The minimum absolute atomic E-state index is 0.0560. The van der Waals surface area contributed by atoms with Crippen molar-refractivity contribution in [2.45, 2.75) is 19.3 Å². The minimum Gasteiger partial charge on any atom is -0.326 e. The van der Waals surface area contributed by atoms with Crippen LogP contribution in [0.25, 0.3) is 0 Å². The van der Waals surface area contributed by atoms with E-state index in [9.17, 15) is 4.79 Å². The van der Waals surface area contributed by atoms with E-state index in [0.29, 0.717) is 11.4 Å². The molecule has 4 heteroatoms. The maximum absolute atomic E-state index is 11.7. The highest BCUT2D eigenvalue weighted by Crippen LogP contribution is 2.15. The van der Waals surface area contributed by atoms with Crippen molar-refractivity contribution in [1.29, 1.82) is 0 Å². The predicted molar refractivity (Wildman–Crippen MR) is 74.7 cm³/mol. The lowest BCUT2D eigenvalue weighted by atomic mass is 10.2. The number of carbonyl (C=O) groups excluding carboxylic acids is 1. The normalized spacial score (nSPS) is 15.8. The summed E-state index contributed by atoms with van der Waals surface area (Å²) in [6, 6.07) is 7.23. The van der Waals surface area contributed by atoms with Crippen LogP contribution in [0, 0.1) is 6.42 Å². The Morgan fingerprint density at radius 3 is 3.06 bits per heavy atom. The van der Waals surface area contributed by atoms with Gasteiger partial charge in [0, 0.05) is 23.7 Å². The number of carbonyl (C=O) groups is 1. The summed E-state index contributed by atoms with van der Waals surface area (Å²) in [7, 11) is 0. The molecule has 1 heterocycles. The van der Waals surface area contributed by atoms with Gasteiger partial charge in [-0.1, -0.05) is 17.7 Å². The molecule has 1 aliphatic heterocycles. The first-order valence-electron chi connectivity index (χ1n) is 6.33. The molecule has 1 fully saturated rings. The minimum atomic E-state index is 0.0560. The van der Waals surface area contributed by atoms with Crippen molar-refractivity contribution < 1.29 is 4.79 Å². The van der Waals surface area contributed by atoms with E-state index in [1.54, 1.807) is 12.1 Å². The van der Waals surface area contributed by atoms with E-state index in [-0.39, 0.29) is 5.91 Å². The third-order valence-corrected chi connectivity index (χ3v) is 3.26. The summed E-state index contributed by atoms with van der Waals surface area (Å²) in [5, 5.41) is 3.50. The summed E-state index contributed by atoms with van der Waals surface area (Å²) >= 11 is 5.86. The van der Waals surface area contributed by atoms with Gasteiger partial charge in [0.2, 0.25) is 5.91 Å². The van der Waals surface area contributed by atoms with Gasteiger partial charge in [0.25, 0.3) is 0 Å². The number of nitrogens with one attached hydrogen (secondary N) is 1.